The van der Waals surface area contributed by atoms with Crippen molar-refractivity contribution in [3.8, 4) is 11.5 Å². The molecule has 1 N–H and O–H groups in total. The summed E-state index contributed by atoms with van der Waals surface area (Å²) in [4.78, 5) is 1.03. The minimum absolute atomic E-state index is 0.421. The van der Waals surface area contributed by atoms with E-state index in [1.54, 1.807) is 32.2 Å². The van der Waals surface area contributed by atoms with Crippen molar-refractivity contribution >= 4 is 22.9 Å². The number of halogens is 1. The first kappa shape index (κ1) is 14.2. The van der Waals surface area contributed by atoms with Crippen molar-refractivity contribution in [2.45, 2.75) is 19.6 Å². The smallest absolute Gasteiger partial charge is 0.129 e. The van der Waals surface area contributed by atoms with Gasteiger partial charge in [0.2, 0.25) is 0 Å². The van der Waals surface area contributed by atoms with Gasteiger partial charge in [-0.1, -0.05) is 11.6 Å². The highest BCUT2D eigenvalue weighted by atomic mass is 35.5. The van der Waals surface area contributed by atoms with Gasteiger partial charge in [-0.15, -0.1) is 11.3 Å². The molecule has 3 nitrogen and oxygen atoms in total. The highest BCUT2D eigenvalue weighted by Crippen LogP contribution is 2.31. The van der Waals surface area contributed by atoms with Crippen LogP contribution in [0.2, 0.25) is 4.34 Å². The third-order valence-corrected chi connectivity index (χ3v) is 3.87. The Labute approximate surface area is 121 Å². The lowest BCUT2D eigenvalue weighted by atomic mass is 10.1. The molecule has 0 bridgehead atoms. The summed E-state index contributed by atoms with van der Waals surface area (Å²) in [5, 5.41) is 9.73. The van der Waals surface area contributed by atoms with Crippen LogP contribution in [0.3, 0.4) is 0 Å². The maximum Gasteiger partial charge on any atom is 0.129 e. The summed E-state index contributed by atoms with van der Waals surface area (Å²) in [6.45, 7) is 2.13. The monoisotopic (exact) mass is 298 g/mol. The fourth-order valence-electron chi connectivity index (χ4n) is 1.69. The van der Waals surface area contributed by atoms with E-state index >= 15 is 0 Å². The van der Waals surface area contributed by atoms with E-state index in [1.165, 1.54) is 11.3 Å². The summed E-state index contributed by atoms with van der Waals surface area (Å²) in [6.07, 6.45) is -0.590. The first-order chi connectivity index (χ1) is 9.10. The van der Waals surface area contributed by atoms with E-state index in [1.807, 2.05) is 12.1 Å². The lowest BCUT2D eigenvalue weighted by molar-refractivity contribution is 0.190. The van der Waals surface area contributed by atoms with Crippen LogP contribution in [0.15, 0.2) is 30.3 Å². The van der Waals surface area contributed by atoms with Crippen molar-refractivity contribution in [1.29, 1.82) is 0 Å². The number of rotatable bonds is 5. The molecular weight excluding hydrogens is 284 g/mol. The molecule has 0 aliphatic rings. The van der Waals surface area contributed by atoms with Crippen molar-refractivity contribution in [3.63, 3.8) is 0 Å². The molecular formula is C14H15ClO3S. The number of methoxy groups -OCH3 is 1. The predicted octanol–water partition coefficient (Wildman–Crippen LogP) is 4.04. The molecule has 5 heteroatoms. The van der Waals surface area contributed by atoms with Gasteiger partial charge in [-0.05, 0) is 31.2 Å². The minimum Gasteiger partial charge on any atom is -0.497 e. The largest absolute Gasteiger partial charge is 0.497 e. The van der Waals surface area contributed by atoms with Gasteiger partial charge in [-0.25, -0.2) is 0 Å². The van der Waals surface area contributed by atoms with Crippen LogP contribution in [0.25, 0.3) is 0 Å². The minimum atomic E-state index is -0.590. The van der Waals surface area contributed by atoms with E-state index in [9.17, 15) is 5.11 Å². The molecule has 1 atom stereocenters. The van der Waals surface area contributed by atoms with Gasteiger partial charge in [0.15, 0.2) is 0 Å². The Balaban J connectivity index is 2.17. The van der Waals surface area contributed by atoms with Gasteiger partial charge in [-0.2, -0.15) is 0 Å². The molecule has 102 valence electrons. The van der Waals surface area contributed by atoms with Gasteiger partial charge in [0, 0.05) is 16.5 Å². The third-order valence-electron chi connectivity index (χ3n) is 2.67. The Bertz CT molecular complexity index is 551. The average Bonchev–Trinajstić information content (AvgIpc) is 2.81. The van der Waals surface area contributed by atoms with Gasteiger partial charge in [0.25, 0.3) is 0 Å². The number of aliphatic hydroxyl groups is 1. The van der Waals surface area contributed by atoms with Crippen LogP contribution in [-0.2, 0) is 6.61 Å². The zero-order chi connectivity index (χ0) is 13.8. The molecule has 0 aliphatic heterocycles. The summed E-state index contributed by atoms with van der Waals surface area (Å²) in [7, 11) is 1.60. The first-order valence-corrected chi connectivity index (χ1v) is 7.02. The van der Waals surface area contributed by atoms with Crippen LogP contribution >= 0.6 is 22.9 Å². The topological polar surface area (TPSA) is 38.7 Å². The SMILES string of the molecule is COc1ccc([C@@H](C)O)c(OCc2ccc(Cl)s2)c1. The molecule has 0 spiro atoms. The molecule has 19 heavy (non-hydrogen) atoms. The van der Waals surface area contributed by atoms with Crippen molar-refractivity contribution in [1.82, 2.24) is 0 Å². The van der Waals surface area contributed by atoms with E-state index in [0.717, 1.165) is 14.8 Å². The second-order valence-corrected chi connectivity index (χ2v) is 5.87. The second kappa shape index (κ2) is 6.28. The summed E-state index contributed by atoms with van der Waals surface area (Å²) in [5.41, 5.74) is 0.739. The van der Waals surface area contributed by atoms with Gasteiger partial charge in [-0.3, -0.25) is 0 Å². The van der Waals surface area contributed by atoms with Gasteiger partial charge >= 0.3 is 0 Å². The molecule has 2 rings (SSSR count). The van der Waals surface area contributed by atoms with Crippen molar-refractivity contribution < 1.29 is 14.6 Å². The zero-order valence-electron chi connectivity index (χ0n) is 10.7. The molecule has 0 unspecified atom stereocenters. The Kier molecular flexibility index (Phi) is 4.69. The Morgan fingerprint density at radius 2 is 2.11 bits per heavy atom. The fraction of sp³-hybridized carbons (Fsp3) is 0.286. The number of hydrogen-bond acceptors (Lipinski definition) is 4. The van der Waals surface area contributed by atoms with Crippen molar-refractivity contribution in [2.75, 3.05) is 7.11 Å². The van der Waals surface area contributed by atoms with Gasteiger partial charge in [0.1, 0.15) is 18.1 Å². The zero-order valence-corrected chi connectivity index (χ0v) is 12.3. The molecule has 0 amide bonds. The number of benzene rings is 1. The third kappa shape index (κ3) is 3.62. The molecule has 0 saturated carbocycles. The number of ether oxygens (including phenoxy) is 2. The summed E-state index contributed by atoms with van der Waals surface area (Å²) in [6, 6.07) is 9.15. The van der Waals surface area contributed by atoms with Crippen LogP contribution in [0.5, 0.6) is 11.5 Å². The summed E-state index contributed by atoms with van der Waals surface area (Å²) < 4.78 is 11.7. The highest BCUT2D eigenvalue weighted by Gasteiger charge is 2.11. The van der Waals surface area contributed by atoms with Crippen LogP contribution in [0.4, 0.5) is 0 Å². The highest BCUT2D eigenvalue weighted by molar-refractivity contribution is 7.16. The van der Waals surface area contributed by atoms with E-state index in [4.69, 9.17) is 21.1 Å². The van der Waals surface area contributed by atoms with Gasteiger partial charge < -0.3 is 14.6 Å². The normalized spacial score (nSPS) is 12.2. The van der Waals surface area contributed by atoms with E-state index in [-0.39, 0.29) is 0 Å². The number of thiophene rings is 1. The van der Waals surface area contributed by atoms with Crippen molar-refractivity contribution in [2.24, 2.45) is 0 Å². The number of aliphatic hydroxyl groups excluding tert-OH is 1. The lowest BCUT2D eigenvalue weighted by Gasteiger charge is -2.14. The first-order valence-electron chi connectivity index (χ1n) is 5.83. The van der Waals surface area contributed by atoms with E-state index in [0.29, 0.717) is 18.1 Å². The van der Waals surface area contributed by atoms with Crippen LogP contribution in [0.1, 0.15) is 23.5 Å². The maximum atomic E-state index is 9.73. The maximum absolute atomic E-state index is 9.73. The second-order valence-electron chi connectivity index (χ2n) is 4.07. The quantitative estimate of drug-likeness (QED) is 0.905. The molecule has 0 radical (unpaired) electrons. The molecule has 1 aromatic heterocycles. The van der Waals surface area contributed by atoms with Crippen molar-refractivity contribution in [3.05, 3.63) is 45.1 Å². The predicted molar refractivity (Wildman–Crippen MR) is 77.3 cm³/mol. The van der Waals surface area contributed by atoms with E-state index in [2.05, 4.69) is 0 Å². The number of hydrogen-bond donors (Lipinski definition) is 1. The fourth-order valence-corrected chi connectivity index (χ4v) is 2.69. The Morgan fingerprint density at radius 1 is 1.32 bits per heavy atom. The Hall–Kier alpha value is -1.23. The molecule has 1 aromatic carbocycles. The molecule has 0 aliphatic carbocycles. The molecule has 0 saturated heterocycles. The van der Waals surface area contributed by atoms with Gasteiger partial charge in [0.05, 0.1) is 17.6 Å². The molecule has 0 fully saturated rings. The Morgan fingerprint density at radius 3 is 2.68 bits per heavy atom. The summed E-state index contributed by atoms with van der Waals surface area (Å²) in [5.74, 6) is 1.32. The molecule has 1 heterocycles. The standard InChI is InChI=1S/C14H15ClO3S/c1-9(16)12-5-3-10(17-2)7-13(12)18-8-11-4-6-14(15)19-11/h3-7,9,16H,8H2,1-2H3/t9-/m1/s1. The lowest BCUT2D eigenvalue weighted by Crippen LogP contribution is -2.00. The van der Waals surface area contributed by atoms with Crippen LogP contribution < -0.4 is 9.47 Å². The average molecular weight is 299 g/mol. The van der Waals surface area contributed by atoms with Crippen LogP contribution in [-0.4, -0.2) is 12.2 Å². The summed E-state index contributed by atoms with van der Waals surface area (Å²) >= 11 is 7.35. The van der Waals surface area contributed by atoms with E-state index < -0.39 is 6.10 Å². The van der Waals surface area contributed by atoms with Crippen LogP contribution in [0, 0.1) is 0 Å². The molecule has 2 aromatic rings.